The summed E-state index contributed by atoms with van der Waals surface area (Å²) in [6.45, 7) is 6.29. The molecule has 3 heterocycles. The standard InChI is InChI=1S/C30H34N2O9/c1-8-12(2)30(38)41-11-18-19-15(23(33)13(3)28(39-6)26(19)36)9-16-22-20-21(24(34)14(4)29(40-7)27(20)37)25(35)17(31(22)5)10-32(16)18/h8,16-18,22,25,35H,9-11H2,1-7H3/b12-8-/t16-,17+,18+,22-,25+/m1/s1. The van der Waals surface area contributed by atoms with Crippen molar-refractivity contribution in [1.29, 1.82) is 0 Å². The molecule has 0 aromatic rings. The first-order chi connectivity index (χ1) is 19.4. The van der Waals surface area contributed by atoms with Gasteiger partial charge in [-0.1, -0.05) is 6.08 Å². The van der Waals surface area contributed by atoms with E-state index in [2.05, 4.69) is 0 Å². The Morgan fingerprint density at radius 2 is 1.51 bits per heavy atom. The predicted molar refractivity (Wildman–Crippen MR) is 144 cm³/mol. The number of hydrogen-bond donors (Lipinski definition) is 1. The maximum atomic E-state index is 13.8. The molecule has 0 spiro atoms. The van der Waals surface area contributed by atoms with Gasteiger partial charge in [-0.15, -0.1) is 0 Å². The molecule has 11 heteroatoms. The average molecular weight is 567 g/mol. The number of nitrogens with zero attached hydrogens (tertiary/aromatic N) is 2. The molecule has 2 bridgehead atoms. The van der Waals surface area contributed by atoms with Crippen LogP contribution in [-0.4, -0.2) is 109 Å². The maximum Gasteiger partial charge on any atom is 0.333 e. The molecular formula is C30H34N2O9. The lowest BCUT2D eigenvalue weighted by atomic mass is 9.68. The second-order valence-electron chi connectivity index (χ2n) is 11.0. The van der Waals surface area contributed by atoms with Gasteiger partial charge in [0.05, 0.1) is 38.4 Å². The summed E-state index contributed by atoms with van der Waals surface area (Å²) in [5.41, 5.74) is 1.33. The zero-order valence-electron chi connectivity index (χ0n) is 24.2. The fraction of sp³-hybridized carbons (Fsp3) is 0.500. The van der Waals surface area contributed by atoms with Crippen LogP contribution in [0.5, 0.6) is 0 Å². The van der Waals surface area contributed by atoms with Crippen LogP contribution in [0.15, 0.2) is 56.6 Å². The summed E-state index contributed by atoms with van der Waals surface area (Å²) < 4.78 is 16.3. The predicted octanol–water partition coefficient (Wildman–Crippen LogP) is 0.733. The van der Waals surface area contributed by atoms with Crippen LogP contribution in [0.2, 0.25) is 0 Å². The molecule has 5 rings (SSSR count). The van der Waals surface area contributed by atoms with Gasteiger partial charge < -0.3 is 19.3 Å². The lowest BCUT2D eigenvalue weighted by Gasteiger charge is -2.59. The third-order valence-electron chi connectivity index (χ3n) is 9.19. The quantitative estimate of drug-likeness (QED) is 0.286. The van der Waals surface area contributed by atoms with Gasteiger partial charge in [0.1, 0.15) is 6.61 Å². The molecule has 3 aliphatic heterocycles. The summed E-state index contributed by atoms with van der Waals surface area (Å²) in [5.74, 6) is -2.47. The van der Waals surface area contributed by atoms with Crippen LogP contribution in [0, 0.1) is 0 Å². The summed E-state index contributed by atoms with van der Waals surface area (Å²) in [6.07, 6.45) is 0.426. The van der Waals surface area contributed by atoms with E-state index in [-0.39, 0.29) is 70.3 Å². The number of allylic oxidation sites excluding steroid dienone is 5. The van der Waals surface area contributed by atoms with Gasteiger partial charge in [-0.2, -0.15) is 0 Å². The highest BCUT2D eigenvalue weighted by atomic mass is 16.5. The van der Waals surface area contributed by atoms with Gasteiger partial charge in [0.25, 0.3) is 0 Å². The van der Waals surface area contributed by atoms with E-state index in [1.807, 2.05) is 9.80 Å². The number of aliphatic hydroxyl groups excluding tert-OH is 1. The van der Waals surface area contributed by atoms with E-state index in [0.717, 1.165) is 0 Å². The monoisotopic (exact) mass is 566 g/mol. The number of fused-ring (bicyclic) bond motifs is 5. The van der Waals surface area contributed by atoms with Crippen molar-refractivity contribution in [3.05, 3.63) is 56.6 Å². The Balaban J connectivity index is 1.66. The highest BCUT2D eigenvalue weighted by molar-refractivity contribution is 6.26. The molecule has 1 saturated heterocycles. The minimum atomic E-state index is -1.29. The first-order valence-electron chi connectivity index (χ1n) is 13.5. The zero-order chi connectivity index (χ0) is 30.1. The van der Waals surface area contributed by atoms with E-state index < -0.39 is 53.6 Å². The lowest BCUT2D eigenvalue weighted by molar-refractivity contribution is -0.143. The van der Waals surface area contributed by atoms with E-state index in [0.29, 0.717) is 5.57 Å². The van der Waals surface area contributed by atoms with E-state index in [9.17, 15) is 29.1 Å². The SMILES string of the molecule is C/C=C(/C)C(=O)OC[C@H]1C2=C(C[C@@H]3[C@@H]4C5=C(C(=O)C(C)=C(OC)C5=O)[C@@H](O)[C@H](CN31)N4C)C(=O)C(C)=C(OC)C2=O. The Morgan fingerprint density at radius 1 is 0.927 bits per heavy atom. The van der Waals surface area contributed by atoms with Gasteiger partial charge in [-0.3, -0.25) is 29.0 Å². The normalized spacial score (nSPS) is 30.9. The third-order valence-corrected chi connectivity index (χ3v) is 9.19. The molecule has 0 saturated carbocycles. The molecule has 0 unspecified atom stereocenters. The molecule has 41 heavy (non-hydrogen) atoms. The number of rotatable bonds is 5. The van der Waals surface area contributed by atoms with E-state index in [1.54, 1.807) is 27.0 Å². The molecule has 2 aliphatic carbocycles. The van der Waals surface area contributed by atoms with Crippen LogP contribution in [0.3, 0.4) is 0 Å². The van der Waals surface area contributed by atoms with Crippen LogP contribution in [0.4, 0.5) is 0 Å². The zero-order valence-corrected chi connectivity index (χ0v) is 24.2. The first kappa shape index (κ1) is 28.8. The summed E-state index contributed by atoms with van der Waals surface area (Å²) in [7, 11) is 4.41. The van der Waals surface area contributed by atoms with Crippen molar-refractivity contribution in [3.8, 4) is 0 Å². The van der Waals surface area contributed by atoms with Gasteiger partial charge >= 0.3 is 5.97 Å². The number of piperazine rings is 1. The molecule has 5 atom stereocenters. The van der Waals surface area contributed by atoms with Crippen LogP contribution in [0.25, 0.3) is 0 Å². The second kappa shape index (κ2) is 10.3. The Labute approximate surface area is 237 Å². The highest BCUT2D eigenvalue weighted by Crippen LogP contribution is 2.47. The van der Waals surface area contributed by atoms with Crippen molar-refractivity contribution >= 4 is 29.1 Å². The van der Waals surface area contributed by atoms with Gasteiger partial charge in [-0.25, -0.2) is 4.79 Å². The number of ketones is 4. The molecular weight excluding hydrogens is 532 g/mol. The highest BCUT2D eigenvalue weighted by Gasteiger charge is 2.58. The van der Waals surface area contributed by atoms with E-state index in [1.165, 1.54) is 28.1 Å². The Morgan fingerprint density at radius 3 is 2.10 bits per heavy atom. The number of methoxy groups -OCH3 is 2. The van der Waals surface area contributed by atoms with Crippen LogP contribution in [0.1, 0.15) is 34.1 Å². The maximum absolute atomic E-state index is 13.8. The Kier molecular flexibility index (Phi) is 7.25. The molecule has 0 amide bonds. The van der Waals surface area contributed by atoms with Crippen molar-refractivity contribution in [2.75, 3.05) is 34.4 Å². The fourth-order valence-corrected chi connectivity index (χ4v) is 6.94. The third kappa shape index (κ3) is 4.01. The summed E-state index contributed by atoms with van der Waals surface area (Å²) in [5, 5.41) is 11.5. The van der Waals surface area contributed by atoms with Gasteiger partial charge in [0.15, 0.2) is 23.1 Å². The van der Waals surface area contributed by atoms with Gasteiger partial charge in [-0.05, 0) is 41.2 Å². The van der Waals surface area contributed by atoms with Crippen molar-refractivity contribution in [2.24, 2.45) is 0 Å². The molecule has 0 aromatic heterocycles. The van der Waals surface area contributed by atoms with E-state index >= 15 is 0 Å². The smallest absolute Gasteiger partial charge is 0.333 e. The van der Waals surface area contributed by atoms with Gasteiger partial charge in [0.2, 0.25) is 11.6 Å². The molecule has 0 aromatic carbocycles. The number of ether oxygens (including phenoxy) is 3. The van der Waals surface area contributed by atoms with Crippen molar-refractivity contribution in [3.63, 3.8) is 0 Å². The number of Topliss-reactive ketones (excluding diaryl/α,β-unsaturated/α-hetero) is 4. The van der Waals surface area contributed by atoms with Gasteiger partial charge in [0, 0.05) is 51.6 Å². The van der Waals surface area contributed by atoms with Crippen LogP contribution >= 0.6 is 0 Å². The van der Waals surface area contributed by atoms with Crippen molar-refractivity contribution < 1.29 is 43.3 Å². The number of carbonyl (C=O) groups excluding carboxylic acids is 5. The number of carbonyl (C=O) groups is 5. The lowest BCUT2D eigenvalue weighted by Crippen LogP contribution is -2.73. The first-order valence-corrected chi connectivity index (χ1v) is 13.5. The fourth-order valence-electron chi connectivity index (χ4n) is 6.94. The van der Waals surface area contributed by atoms with Crippen LogP contribution < -0.4 is 0 Å². The number of likely N-dealkylation sites (N-methyl/N-ethyl adjacent to an activating group) is 1. The Bertz CT molecular complexity index is 1460. The number of esters is 1. The van der Waals surface area contributed by atoms with Crippen molar-refractivity contribution in [1.82, 2.24) is 9.80 Å². The average Bonchev–Trinajstić information content (AvgIpc) is 2.95. The molecule has 0 radical (unpaired) electrons. The largest absolute Gasteiger partial charge is 0.492 e. The topological polar surface area (TPSA) is 140 Å². The molecule has 1 fully saturated rings. The molecule has 5 aliphatic rings. The molecule has 1 N–H and O–H groups in total. The van der Waals surface area contributed by atoms with Crippen LogP contribution in [-0.2, 0) is 38.2 Å². The summed E-state index contributed by atoms with van der Waals surface area (Å²) in [4.78, 5) is 71.0. The summed E-state index contributed by atoms with van der Waals surface area (Å²) in [6, 6.07) is -2.73. The number of hydrogen-bond acceptors (Lipinski definition) is 11. The van der Waals surface area contributed by atoms with Crippen molar-refractivity contribution in [2.45, 2.75) is 64.4 Å². The minimum Gasteiger partial charge on any atom is -0.492 e. The number of aliphatic hydroxyl groups is 1. The molecule has 218 valence electrons. The minimum absolute atomic E-state index is 0.0521. The summed E-state index contributed by atoms with van der Waals surface area (Å²) >= 11 is 0. The molecule has 11 nitrogen and oxygen atoms in total. The second-order valence-corrected chi connectivity index (χ2v) is 11.0. The Hall–Kier alpha value is -3.67. The van der Waals surface area contributed by atoms with E-state index in [4.69, 9.17) is 14.2 Å².